The second-order valence-electron chi connectivity index (χ2n) is 3.47. The Morgan fingerprint density at radius 2 is 2.06 bits per heavy atom. The predicted octanol–water partition coefficient (Wildman–Crippen LogP) is 4.66. The number of rotatable bonds is 1. The van der Waals surface area contributed by atoms with E-state index in [0.717, 1.165) is 0 Å². The number of hydrogen-bond donors (Lipinski definition) is 0. The fourth-order valence-electron chi connectivity index (χ4n) is 1.60. The summed E-state index contributed by atoms with van der Waals surface area (Å²) in [7, 11) is 0. The van der Waals surface area contributed by atoms with E-state index in [9.17, 15) is 0 Å². The molecule has 6 heteroatoms. The molecule has 0 bridgehead atoms. The first-order chi connectivity index (χ1) is 8.13. The number of aromatic nitrogens is 2. The zero-order chi connectivity index (χ0) is 12.0. The Morgan fingerprint density at radius 3 is 2.76 bits per heavy atom. The first-order valence-electron chi connectivity index (χ1n) is 4.73. The molecule has 0 amide bonds. The van der Waals surface area contributed by atoms with Gasteiger partial charge in [0.05, 0.1) is 10.0 Å². The molecule has 0 saturated carbocycles. The number of pyridine rings is 1. The molecule has 3 heterocycles. The maximum atomic E-state index is 6.06. The highest BCUT2D eigenvalue weighted by atomic mass is 79.9. The standard InChI is InChI=1S/C11H5BrCl2N2O/c12-10-2-1-9(17-10)8-5-16-4-6(13)3-7(14)11(16)15-8/h1-5H. The summed E-state index contributed by atoms with van der Waals surface area (Å²) < 4.78 is 7.87. The van der Waals surface area contributed by atoms with Crippen LogP contribution in [0.25, 0.3) is 17.1 Å². The van der Waals surface area contributed by atoms with Gasteiger partial charge in [-0.3, -0.25) is 0 Å². The van der Waals surface area contributed by atoms with Crippen molar-refractivity contribution in [3.05, 3.63) is 45.3 Å². The van der Waals surface area contributed by atoms with Crippen LogP contribution in [0.4, 0.5) is 0 Å². The summed E-state index contributed by atoms with van der Waals surface area (Å²) in [6.45, 7) is 0. The van der Waals surface area contributed by atoms with Crippen LogP contribution in [-0.2, 0) is 0 Å². The second-order valence-corrected chi connectivity index (χ2v) is 5.09. The van der Waals surface area contributed by atoms with Gasteiger partial charge in [0.15, 0.2) is 16.1 Å². The summed E-state index contributed by atoms with van der Waals surface area (Å²) in [6.07, 6.45) is 3.57. The minimum Gasteiger partial charge on any atom is -0.448 e. The lowest BCUT2D eigenvalue weighted by atomic mass is 10.4. The van der Waals surface area contributed by atoms with Gasteiger partial charge < -0.3 is 8.82 Å². The number of hydrogen-bond acceptors (Lipinski definition) is 2. The topological polar surface area (TPSA) is 30.4 Å². The molecule has 0 N–H and O–H groups in total. The van der Waals surface area contributed by atoms with E-state index < -0.39 is 0 Å². The first kappa shape index (κ1) is 11.1. The highest BCUT2D eigenvalue weighted by molar-refractivity contribution is 9.10. The number of furan rings is 1. The normalized spacial score (nSPS) is 11.2. The van der Waals surface area contributed by atoms with Crippen molar-refractivity contribution in [2.45, 2.75) is 0 Å². The SMILES string of the molecule is Clc1cc(Cl)c2nc(-c3ccc(Br)o3)cn2c1. The highest BCUT2D eigenvalue weighted by Gasteiger charge is 2.11. The van der Waals surface area contributed by atoms with Crippen LogP contribution in [0.1, 0.15) is 0 Å². The van der Waals surface area contributed by atoms with Gasteiger partial charge in [-0.1, -0.05) is 23.2 Å². The molecular weight excluding hydrogens is 327 g/mol. The third kappa shape index (κ3) is 1.97. The zero-order valence-electron chi connectivity index (χ0n) is 8.32. The van der Waals surface area contributed by atoms with Crippen LogP contribution in [0.2, 0.25) is 10.0 Å². The molecule has 17 heavy (non-hydrogen) atoms. The molecule has 0 fully saturated rings. The summed E-state index contributed by atoms with van der Waals surface area (Å²) in [6, 6.07) is 5.31. The van der Waals surface area contributed by atoms with E-state index in [1.807, 2.05) is 18.3 Å². The Balaban J connectivity index is 2.23. The molecular formula is C11H5BrCl2N2O. The van der Waals surface area contributed by atoms with E-state index in [1.54, 1.807) is 16.7 Å². The minimum absolute atomic E-state index is 0.509. The molecule has 0 aliphatic rings. The van der Waals surface area contributed by atoms with Crippen LogP contribution in [0.3, 0.4) is 0 Å². The second kappa shape index (κ2) is 4.05. The van der Waals surface area contributed by atoms with Crippen LogP contribution in [-0.4, -0.2) is 9.38 Å². The van der Waals surface area contributed by atoms with Gasteiger partial charge in [-0.25, -0.2) is 4.98 Å². The summed E-state index contributed by atoms with van der Waals surface area (Å²) in [5.74, 6) is 0.674. The van der Waals surface area contributed by atoms with Gasteiger partial charge >= 0.3 is 0 Å². The predicted molar refractivity (Wildman–Crippen MR) is 70.6 cm³/mol. The molecule has 3 nitrogen and oxygen atoms in total. The van der Waals surface area contributed by atoms with E-state index >= 15 is 0 Å². The molecule has 3 aromatic heterocycles. The molecule has 0 radical (unpaired) electrons. The third-order valence-electron chi connectivity index (χ3n) is 2.30. The lowest BCUT2D eigenvalue weighted by Gasteiger charge is -1.95. The number of halogens is 3. The Labute approximate surface area is 115 Å². The van der Waals surface area contributed by atoms with Crippen LogP contribution in [0, 0.1) is 0 Å². The maximum Gasteiger partial charge on any atom is 0.169 e. The molecule has 0 spiro atoms. The number of fused-ring (bicyclic) bond motifs is 1. The van der Waals surface area contributed by atoms with Gasteiger partial charge in [0.2, 0.25) is 0 Å². The van der Waals surface area contributed by atoms with Gasteiger partial charge in [-0.2, -0.15) is 0 Å². The molecule has 0 aromatic carbocycles. The monoisotopic (exact) mass is 330 g/mol. The van der Waals surface area contributed by atoms with Gasteiger partial charge in [0.25, 0.3) is 0 Å². The zero-order valence-corrected chi connectivity index (χ0v) is 11.4. The number of nitrogens with zero attached hydrogens (tertiary/aromatic N) is 2. The van der Waals surface area contributed by atoms with E-state index in [-0.39, 0.29) is 0 Å². The van der Waals surface area contributed by atoms with Crippen molar-refractivity contribution < 1.29 is 4.42 Å². The molecule has 3 aromatic rings. The summed E-state index contributed by atoms with van der Waals surface area (Å²) >= 11 is 15.2. The first-order valence-corrected chi connectivity index (χ1v) is 6.28. The molecule has 0 aliphatic carbocycles. The highest BCUT2D eigenvalue weighted by Crippen LogP contribution is 2.28. The average molecular weight is 332 g/mol. The number of imidazole rings is 1. The van der Waals surface area contributed by atoms with Crippen LogP contribution in [0.15, 0.2) is 39.7 Å². The Morgan fingerprint density at radius 1 is 1.24 bits per heavy atom. The smallest absolute Gasteiger partial charge is 0.169 e. The maximum absolute atomic E-state index is 6.06. The average Bonchev–Trinajstić information content (AvgIpc) is 2.83. The Hall–Kier alpha value is -0.970. The Kier molecular flexibility index (Phi) is 2.65. The fraction of sp³-hybridized carbons (Fsp3) is 0. The molecule has 0 atom stereocenters. The summed E-state index contributed by atoms with van der Waals surface area (Å²) in [5, 5.41) is 1.07. The van der Waals surface area contributed by atoms with Crippen molar-refractivity contribution in [1.29, 1.82) is 0 Å². The van der Waals surface area contributed by atoms with E-state index in [2.05, 4.69) is 20.9 Å². The van der Waals surface area contributed by atoms with Crippen molar-refractivity contribution in [1.82, 2.24) is 9.38 Å². The van der Waals surface area contributed by atoms with E-state index in [4.69, 9.17) is 27.6 Å². The van der Waals surface area contributed by atoms with Gasteiger partial charge in [0, 0.05) is 12.4 Å². The molecule has 0 saturated heterocycles. The fourth-order valence-corrected chi connectivity index (χ4v) is 2.43. The summed E-state index contributed by atoms with van der Waals surface area (Å²) in [5.41, 5.74) is 1.36. The van der Waals surface area contributed by atoms with Crippen molar-refractivity contribution in [2.24, 2.45) is 0 Å². The van der Waals surface area contributed by atoms with Gasteiger partial charge in [0.1, 0.15) is 5.69 Å². The minimum atomic E-state index is 0.509. The van der Waals surface area contributed by atoms with Crippen LogP contribution in [0.5, 0.6) is 0 Å². The molecule has 0 unspecified atom stereocenters. The van der Waals surface area contributed by atoms with Gasteiger partial charge in [-0.05, 0) is 34.1 Å². The lowest BCUT2D eigenvalue weighted by Crippen LogP contribution is -1.82. The van der Waals surface area contributed by atoms with Gasteiger partial charge in [-0.15, -0.1) is 0 Å². The van der Waals surface area contributed by atoms with Crippen molar-refractivity contribution in [2.75, 3.05) is 0 Å². The Bertz CT molecular complexity index is 705. The van der Waals surface area contributed by atoms with Crippen LogP contribution >= 0.6 is 39.1 Å². The van der Waals surface area contributed by atoms with E-state index in [0.29, 0.717) is 31.8 Å². The molecule has 3 rings (SSSR count). The van der Waals surface area contributed by atoms with Crippen molar-refractivity contribution in [3.8, 4) is 11.5 Å². The largest absolute Gasteiger partial charge is 0.448 e. The van der Waals surface area contributed by atoms with E-state index in [1.165, 1.54) is 0 Å². The molecule has 0 aliphatic heterocycles. The summed E-state index contributed by atoms with van der Waals surface area (Å²) in [4.78, 5) is 4.39. The van der Waals surface area contributed by atoms with Crippen molar-refractivity contribution in [3.63, 3.8) is 0 Å². The van der Waals surface area contributed by atoms with Crippen molar-refractivity contribution >= 4 is 44.8 Å². The lowest BCUT2D eigenvalue weighted by molar-refractivity contribution is 0.554. The molecule has 86 valence electrons. The quantitative estimate of drug-likeness (QED) is 0.649. The third-order valence-corrected chi connectivity index (χ3v) is 3.21. The van der Waals surface area contributed by atoms with Crippen LogP contribution < -0.4 is 0 Å².